The van der Waals surface area contributed by atoms with Gasteiger partial charge in [0, 0.05) is 0 Å². The van der Waals surface area contributed by atoms with E-state index in [1.165, 1.54) is 0 Å². The zero-order valence-electron chi connectivity index (χ0n) is 32.1. The highest BCUT2D eigenvalue weighted by Gasteiger charge is 2.48. The van der Waals surface area contributed by atoms with E-state index in [-0.39, 0.29) is 26.2 Å². The highest BCUT2D eigenvalue weighted by molar-refractivity contribution is 5.67. The molecular formula is C47H53NO9. The van der Waals surface area contributed by atoms with Crippen molar-refractivity contribution in [3.05, 3.63) is 179 Å². The van der Waals surface area contributed by atoms with E-state index in [1.807, 2.05) is 152 Å². The highest BCUT2D eigenvalue weighted by Crippen LogP contribution is 2.33. The maximum atomic E-state index is 13.0. The number of alkyl carbamates (subject to hydrolysis) is 1. The monoisotopic (exact) mass is 775 g/mol. The van der Waals surface area contributed by atoms with E-state index in [4.69, 9.17) is 28.4 Å². The van der Waals surface area contributed by atoms with E-state index in [0.717, 1.165) is 27.8 Å². The Morgan fingerprint density at radius 1 is 0.561 bits per heavy atom. The molecule has 0 aliphatic carbocycles. The Labute approximate surface area is 335 Å². The lowest BCUT2D eigenvalue weighted by atomic mass is 9.90. The molecule has 1 heterocycles. The molecule has 0 radical (unpaired) electrons. The fourth-order valence-corrected chi connectivity index (χ4v) is 6.87. The first-order chi connectivity index (χ1) is 28.1. The number of aliphatic hydroxyl groups is 2. The van der Waals surface area contributed by atoms with Gasteiger partial charge in [-0.05, 0) is 40.7 Å². The number of ether oxygens (including phenoxy) is 6. The van der Waals surface area contributed by atoms with Crippen LogP contribution in [0.4, 0.5) is 4.79 Å². The molecule has 7 atom stereocenters. The summed E-state index contributed by atoms with van der Waals surface area (Å²) in [7, 11) is 0. The smallest absolute Gasteiger partial charge is 0.407 e. The molecule has 6 rings (SSSR count). The van der Waals surface area contributed by atoms with Crippen LogP contribution in [0.5, 0.6) is 0 Å². The third-order valence-electron chi connectivity index (χ3n) is 9.91. The van der Waals surface area contributed by atoms with Gasteiger partial charge in [0.15, 0.2) is 0 Å². The summed E-state index contributed by atoms with van der Waals surface area (Å²) in [5.41, 5.74) is 4.82. The highest BCUT2D eigenvalue weighted by atomic mass is 16.6. The van der Waals surface area contributed by atoms with Crippen molar-refractivity contribution in [1.29, 1.82) is 0 Å². The van der Waals surface area contributed by atoms with Gasteiger partial charge in [-0.25, -0.2) is 4.79 Å². The molecule has 0 saturated carbocycles. The van der Waals surface area contributed by atoms with Crippen LogP contribution in [-0.2, 0) is 61.5 Å². The van der Waals surface area contributed by atoms with Crippen LogP contribution < -0.4 is 5.32 Å². The Balaban J connectivity index is 1.27. The van der Waals surface area contributed by atoms with Crippen LogP contribution in [0.2, 0.25) is 0 Å². The van der Waals surface area contributed by atoms with Crippen molar-refractivity contribution in [2.45, 2.75) is 88.5 Å². The van der Waals surface area contributed by atoms with Crippen molar-refractivity contribution in [2.75, 3.05) is 13.2 Å². The molecule has 3 N–H and O–H groups in total. The summed E-state index contributed by atoms with van der Waals surface area (Å²) in [6, 6.07) is 48.2. The third kappa shape index (κ3) is 13.3. The first-order valence-electron chi connectivity index (χ1n) is 19.6. The first-order valence-corrected chi connectivity index (χ1v) is 19.6. The number of benzene rings is 5. The van der Waals surface area contributed by atoms with Crippen LogP contribution in [0.15, 0.2) is 152 Å². The van der Waals surface area contributed by atoms with Crippen molar-refractivity contribution in [3.63, 3.8) is 0 Å². The van der Waals surface area contributed by atoms with Crippen molar-refractivity contribution >= 4 is 6.09 Å². The molecule has 0 spiro atoms. The zero-order valence-corrected chi connectivity index (χ0v) is 32.1. The molecule has 5 aromatic carbocycles. The molecule has 57 heavy (non-hydrogen) atoms. The molecule has 300 valence electrons. The molecule has 0 bridgehead atoms. The van der Waals surface area contributed by atoms with Gasteiger partial charge >= 0.3 is 6.09 Å². The second-order valence-corrected chi connectivity index (χ2v) is 14.1. The van der Waals surface area contributed by atoms with Crippen LogP contribution in [-0.4, -0.2) is 72.2 Å². The Morgan fingerprint density at radius 3 is 1.42 bits per heavy atom. The van der Waals surface area contributed by atoms with Crippen LogP contribution in [0.1, 0.15) is 40.7 Å². The average Bonchev–Trinajstić information content (AvgIpc) is 3.27. The third-order valence-corrected chi connectivity index (χ3v) is 9.91. The van der Waals surface area contributed by atoms with Crippen molar-refractivity contribution < 1.29 is 43.4 Å². The van der Waals surface area contributed by atoms with E-state index in [9.17, 15) is 15.0 Å². The summed E-state index contributed by atoms with van der Waals surface area (Å²) in [5, 5.41) is 23.7. The topological polar surface area (TPSA) is 125 Å². The molecule has 2 unspecified atom stereocenters. The minimum atomic E-state index is -1.25. The number of nitrogens with one attached hydrogen (secondary N) is 1. The van der Waals surface area contributed by atoms with Crippen LogP contribution in [0.3, 0.4) is 0 Å². The maximum Gasteiger partial charge on any atom is 0.407 e. The van der Waals surface area contributed by atoms with Crippen molar-refractivity contribution in [1.82, 2.24) is 5.32 Å². The predicted octanol–water partition coefficient (Wildman–Crippen LogP) is 7.16. The van der Waals surface area contributed by atoms with Crippen molar-refractivity contribution in [2.24, 2.45) is 0 Å². The standard InChI is InChI=1S/C47H53NO9/c49-28-41(50)40(48-47(51)56-33-39-24-14-5-15-25-39)26-27-42-44(53-30-36-18-8-2-9-19-36)46(55-32-38-22-12-4-13-23-38)45(54-31-37-20-10-3-11-21-37)43(57-42)34-52-29-35-16-6-1-7-17-35/h1-25,40-46,49-50H,26-34H2,(H,48,51)/t40-,41+,42+,43?,44?,45-,46-/m0/s1. The van der Waals surface area contributed by atoms with E-state index < -0.39 is 55.4 Å². The van der Waals surface area contributed by atoms with Crippen LogP contribution >= 0.6 is 0 Å². The van der Waals surface area contributed by atoms with Gasteiger partial charge in [0.05, 0.1) is 57.9 Å². The number of carbonyl (C=O) groups is 1. The summed E-state index contributed by atoms with van der Waals surface area (Å²) in [5.74, 6) is 0. The molecule has 1 fully saturated rings. The molecule has 10 nitrogen and oxygen atoms in total. The normalized spacial score (nSPS) is 20.4. The number of aliphatic hydroxyl groups excluding tert-OH is 2. The van der Waals surface area contributed by atoms with E-state index >= 15 is 0 Å². The maximum absolute atomic E-state index is 13.0. The minimum Gasteiger partial charge on any atom is -0.445 e. The quantitative estimate of drug-likeness (QED) is 0.0713. The van der Waals surface area contributed by atoms with Gasteiger partial charge in [0.1, 0.15) is 31.0 Å². The fraction of sp³-hybridized carbons (Fsp3) is 0.340. The summed E-state index contributed by atoms with van der Waals surface area (Å²) in [4.78, 5) is 13.0. The number of rotatable bonds is 21. The SMILES string of the molecule is O=C(N[C@@H](CC[C@H]1OC(COCc2ccccc2)[C@H](OCc2ccccc2)[C@@H](OCc2ccccc2)C1OCc1ccccc1)[C@H](O)CO)OCc1ccccc1. The fourth-order valence-electron chi connectivity index (χ4n) is 6.87. The molecule has 1 aliphatic heterocycles. The first kappa shape index (κ1) is 41.7. The number of carbonyl (C=O) groups excluding carboxylic acids is 1. The van der Waals surface area contributed by atoms with Gasteiger partial charge in [-0.15, -0.1) is 0 Å². The van der Waals surface area contributed by atoms with Crippen molar-refractivity contribution in [3.8, 4) is 0 Å². The Kier molecular flexibility index (Phi) is 16.6. The van der Waals surface area contributed by atoms with Gasteiger partial charge in [-0.1, -0.05) is 152 Å². The van der Waals surface area contributed by atoms with E-state index in [2.05, 4.69) is 5.32 Å². The molecule has 10 heteroatoms. The van der Waals surface area contributed by atoms with Gasteiger partial charge in [-0.3, -0.25) is 0 Å². The lowest BCUT2D eigenvalue weighted by Gasteiger charge is -2.46. The molecule has 5 aromatic rings. The van der Waals surface area contributed by atoms with Gasteiger partial charge < -0.3 is 44.0 Å². The molecule has 0 aromatic heterocycles. The zero-order chi connectivity index (χ0) is 39.5. The summed E-state index contributed by atoms with van der Waals surface area (Å²) in [6.07, 6.45) is -4.43. The van der Waals surface area contributed by atoms with Gasteiger partial charge in [0.2, 0.25) is 0 Å². The summed E-state index contributed by atoms with van der Waals surface area (Å²) < 4.78 is 39.1. The van der Waals surface area contributed by atoms with Crippen LogP contribution in [0, 0.1) is 0 Å². The molecular weight excluding hydrogens is 723 g/mol. The average molecular weight is 776 g/mol. The molecule has 1 saturated heterocycles. The van der Waals surface area contributed by atoms with E-state index in [0.29, 0.717) is 26.2 Å². The van der Waals surface area contributed by atoms with E-state index in [1.54, 1.807) is 0 Å². The lowest BCUT2D eigenvalue weighted by Crippen LogP contribution is -2.61. The van der Waals surface area contributed by atoms with Gasteiger partial charge in [0.25, 0.3) is 0 Å². The minimum absolute atomic E-state index is 0.0607. The molecule has 1 amide bonds. The largest absolute Gasteiger partial charge is 0.445 e. The molecule has 1 aliphatic rings. The Bertz CT molecular complexity index is 1840. The van der Waals surface area contributed by atoms with Gasteiger partial charge in [-0.2, -0.15) is 0 Å². The second kappa shape index (κ2) is 22.7. The number of hydrogen-bond acceptors (Lipinski definition) is 9. The number of hydrogen-bond donors (Lipinski definition) is 3. The summed E-state index contributed by atoms with van der Waals surface area (Å²) >= 11 is 0. The lowest BCUT2D eigenvalue weighted by molar-refractivity contribution is -0.274. The predicted molar refractivity (Wildman–Crippen MR) is 216 cm³/mol. The van der Waals surface area contributed by atoms with Crippen LogP contribution in [0.25, 0.3) is 0 Å². The Hall–Kier alpha value is -4.91. The second-order valence-electron chi connectivity index (χ2n) is 14.1. The summed E-state index contributed by atoms with van der Waals surface area (Å²) in [6.45, 7) is 0.971. The Morgan fingerprint density at radius 2 is 0.965 bits per heavy atom. The number of amides is 1.